The van der Waals surface area contributed by atoms with Gasteiger partial charge in [-0.2, -0.15) is 0 Å². The molecule has 1 heterocycles. The van der Waals surface area contributed by atoms with Crippen LogP contribution >= 0.6 is 0 Å². The van der Waals surface area contributed by atoms with E-state index in [9.17, 15) is 0 Å². The average Bonchev–Trinajstić information content (AvgIpc) is 2.90. The van der Waals surface area contributed by atoms with E-state index in [0.717, 1.165) is 24.5 Å². The van der Waals surface area contributed by atoms with E-state index in [1.165, 1.54) is 5.56 Å². The van der Waals surface area contributed by atoms with Crippen LogP contribution in [0.3, 0.4) is 0 Å². The quantitative estimate of drug-likeness (QED) is 0.885. The predicted octanol–water partition coefficient (Wildman–Crippen LogP) is 3.37. The van der Waals surface area contributed by atoms with Gasteiger partial charge in [-0.15, -0.1) is 0 Å². The van der Waals surface area contributed by atoms with Crippen molar-refractivity contribution in [3.63, 3.8) is 0 Å². The van der Waals surface area contributed by atoms with Gasteiger partial charge in [0, 0.05) is 24.2 Å². The van der Waals surface area contributed by atoms with E-state index in [1.807, 2.05) is 30.7 Å². The molecular weight excluding hydrogens is 262 g/mol. The lowest BCUT2D eigenvalue weighted by molar-refractivity contribution is 0.290. The zero-order valence-electron chi connectivity index (χ0n) is 13.4. The average molecular weight is 287 g/mol. The zero-order chi connectivity index (χ0) is 15.3. The zero-order valence-corrected chi connectivity index (χ0v) is 13.4. The maximum atomic E-state index is 5.99. The van der Waals surface area contributed by atoms with Crippen molar-refractivity contribution in [2.45, 2.75) is 52.9 Å². The lowest BCUT2D eigenvalue weighted by Gasteiger charge is -2.21. The van der Waals surface area contributed by atoms with Crippen molar-refractivity contribution in [1.82, 2.24) is 14.9 Å². The molecule has 1 N–H and O–H groups in total. The van der Waals surface area contributed by atoms with E-state index in [1.54, 1.807) is 0 Å². The summed E-state index contributed by atoms with van der Waals surface area (Å²) in [6.07, 6.45) is 3.70. The van der Waals surface area contributed by atoms with Crippen molar-refractivity contribution in [2.24, 2.45) is 0 Å². The third-order valence-corrected chi connectivity index (χ3v) is 3.30. The number of hydrogen-bond donors (Lipinski definition) is 1. The van der Waals surface area contributed by atoms with E-state index >= 15 is 0 Å². The molecule has 0 saturated heterocycles. The second-order valence-electron chi connectivity index (χ2n) is 6.17. The van der Waals surface area contributed by atoms with Crippen molar-refractivity contribution in [1.29, 1.82) is 0 Å². The molecule has 4 nitrogen and oxygen atoms in total. The molecule has 1 aromatic heterocycles. The number of hydrogen-bond acceptors (Lipinski definition) is 3. The number of para-hydroxylation sites is 1. The summed E-state index contributed by atoms with van der Waals surface area (Å²) in [5, 5.41) is 3.50. The molecule has 0 aliphatic carbocycles. The number of aromatic nitrogens is 2. The topological polar surface area (TPSA) is 39.1 Å². The molecule has 2 rings (SSSR count). The molecule has 0 fully saturated rings. The van der Waals surface area contributed by atoms with E-state index in [4.69, 9.17) is 4.74 Å². The smallest absolute Gasteiger partial charge is 0.130 e. The van der Waals surface area contributed by atoms with Crippen LogP contribution in [-0.4, -0.2) is 15.1 Å². The van der Waals surface area contributed by atoms with Gasteiger partial charge >= 0.3 is 0 Å². The SMILES string of the molecule is CCn1cncc1COc1ccccc1CNC(C)(C)C. The fourth-order valence-corrected chi connectivity index (χ4v) is 2.06. The molecule has 0 saturated carbocycles. The Bertz CT molecular complexity index is 569. The first-order chi connectivity index (χ1) is 9.99. The Labute approximate surface area is 127 Å². The maximum Gasteiger partial charge on any atom is 0.130 e. The molecule has 0 amide bonds. The summed E-state index contributed by atoms with van der Waals surface area (Å²) < 4.78 is 8.08. The van der Waals surface area contributed by atoms with Gasteiger partial charge in [-0.25, -0.2) is 4.98 Å². The second kappa shape index (κ2) is 6.76. The standard InChI is InChI=1S/C17H25N3O/c1-5-20-13-18-11-15(20)12-21-16-9-7-6-8-14(16)10-19-17(2,3)4/h6-9,11,13,19H,5,10,12H2,1-4H3. The fraction of sp³-hybridized carbons (Fsp3) is 0.471. The first kappa shape index (κ1) is 15.6. The molecule has 0 aliphatic rings. The van der Waals surface area contributed by atoms with Gasteiger partial charge in [0.25, 0.3) is 0 Å². The number of imidazole rings is 1. The molecule has 4 heteroatoms. The molecule has 0 aliphatic heterocycles. The normalized spacial score (nSPS) is 11.6. The van der Waals surface area contributed by atoms with Crippen molar-refractivity contribution in [2.75, 3.05) is 0 Å². The molecule has 0 atom stereocenters. The lowest BCUT2D eigenvalue weighted by Crippen LogP contribution is -2.35. The van der Waals surface area contributed by atoms with Crippen LogP contribution in [0.5, 0.6) is 5.75 Å². The van der Waals surface area contributed by atoms with Gasteiger partial charge in [0.2, 0.25) is 0 Å². The van der Waals surface area contributed by atoms with Crippen LogP contribution in [0.1, 0.15) is 39.0 Å². The summed E-state index contributed by atoms with van der Waals surface area (Å²) in [7, 11) is 0. The molecule has 114 valence electrons. The molecular formula is C17H25N3O. The van der Waals surface area contributed by atoms with Gasteiger partial charge in [-0.1, -0.05) is 18.2 Å². The van der Waals surface area contributed by atoms with Crippen LogP contribution in [0.15, 0.2) is 36.8 Å². The Morgan fingerprint density at radius 2 is 2.00 bits per heavy atom. The minimum Gasteiger partial charge on any atom is -0.487 e. The number of benzene rings is 1. The predicted molar refractivity (Wildman–Crippen MR) is 85.3 cm³/mol. The monoisotopic (exact) mass is 287 g/mol. The van der Waals surface area contributed by atoms with Gasteiger partial charge in [0.1, 0.15) is 12.4 Å². The summed E-state index contributed by atoms with van der Waals surface area (Å²) in [4.78, 5) is 4.17. The number of aryl methyl sites for hydroxylation is 1. The van der Waals surface area contributed by atoms with Gasteiger partial charge in [-0.05, 0) is 33.8 Å². The summed E-state index contributed by atoms with van der Waals surface area (Å²) >= 11 is 0. The molecule has 1 aromatic carbocycles. The highest BCUT2D eigenvalue weighted by atomic mass is 16.5. The Kier molecular flexibility index (Phi) is 5.02. The number of rotatable bonds is 6. The molecule has 0 bridgehead atoms. The number of ether oxygens (including phenoxy) is 1. The van der Waals surface area contributed by atoms with Crippen LogP contribution in [0.2, 0.25) is 0 Å². The summed E-state index contributed by atoms with van der Waals surface area (Å²) in [6, 6.07) is 8.17. The van der Waals surface area contributed by atoms with Crippen LogP contribution in [0.25, 0.3) is 0 Å². The Hall–Kier alpha value is -1.81. The molecule has 0 unspecified atom stereocenters. The van der Waals surface area contributed by atoms with Crippen molar-refractivity contribution in [3.05, 3.63) is 48.0 Å². The minimum atomic E-state index is 0.0912. The van der Waals surface area contributed by atoms with Crippen LogP contribution in [-0.2, 0) is 19.7 Å². The van der Waals surface area contributed by atoms with Crippen LogP contribution < -0.4 is 10.1 Å². The van der Waals surface area contributed by atoms with E-state index in [-0.39, 0.29) is 5.54 Å². The number of nitrogens with zero attached hydrogens (tertiary/aromatic N) is 2. The highest BCUT2D eigenvalue weighted by Gasteiger charge is 2.11. The Morgan fingerprint density at radius 1 is 1.24 bits per heavy atom. The van der Waals surface area contributed by atoms with Crippen molar-refractivity contribution in [3.8, 4) is 5.75 Å². The van der Waals surface area contributed by atoms with E-state index in [0.29, 0.717) is 6.61 Å². The van der Waals surface area contributed by atoms with Crippen LogP contribution in [0, 0.1) is 0 Å². The Morgan fingerprint density at radius 3 is 2.71 bits per heavy atom. The minimum absolute atomic E-state index is 0.0912. The maximum absolute atomic E-state index is 5.99. The van der Waals surface area contributed by atoms with Gasteiger partial charge < -0.3 is 14.6 Å². The third-order valence-electron chi connectivity index (χ3n) is 3.30. The highest BCUT2D eigenvalue weighted by Crippen LogP contribution is 2.20. The van der Waals surface area contributed by atoms with Crippen LogP contribution in [0.4, 0.5) is 0 Å². The second-order valence-corrected chi connectivity index (χ2v) is 6.17. The number of nitrogens with one attached hydrogen (secondary N) is 1. The van der Waals surface area contributed by atoms with Gasteiger partial charge in [-0.3, -0.25) is 0 Å². The fourth-order valence-electron chi connectivity index (χ4n) is 2.06. The largest absolute Gasteiger partial charge is 0.487 e. The molecule has 21 heavy (non-hydrogen) atoms. The van der Waals surface area contributed by atoms with Crippen molar-refractivity contribution < 1.29 is 4.74 Å². The summed E-state index contributed by atoms with van der Waals surface area (Å²) in [5.74, 6) is 0.929. The first-order valence-electron chi connectivity index (χ1n) is 7.44. The van der Waals surface area contributed by atoms with Gasteiger partial charge in [0.15, 0.2) is 0 Å². The van der Waals surface area contributed by atoms with Crippen molar-refractivity contribution >= 4 is 0 Å². The molecule has 0 spiro atoms. The summed E-state index contributed by atoms with van der Waals surface area (Å²) in [6.45, 7) is 10.8. The van der Waals surface area contributed by atoms with E-state index < -0.39 is 0 Å². The third kappa shape index (κ3) is 4.60. The van der Waals surface area contributed by atoms with E-state index in [2.05, 4.69) is 48.6 Å². The molecule has 2 aromatic rings. The summed E-state index contributed by atoms with van der Waals surface area (Å²) in [5.41, 5.74) is 2.36. The molecule has 0 radical (unpaired) electrons. The lowest BCUT2D eigenvalue weighted by atomic mass is 10.1. The first-order valence-corrected chi connectivity index (χ1v) is 7.44. The highest BCUT2D eigenvalue weighted by molar-refractivity contribution is 5.33. The Balaban J connectivity index is 2.03. The van der Waals surface area contributed by atoms with Gasteiger partial charge in [0.05, 0.1) is 18.2 Å².